The summed E-state index contributed by atoms with van der Waals surface area (Å²) >= 11 is 7.48. The molecule has 180 valence electrons. The predicted molar refractivity (Wildman–Crippen MR) is 149 cm³/mol. The van der Waals surface area contributed by atoms with Crippen LogP contribution in [0.3, 0.4) is 0 Å². The van der Waals surface area contributed by atoms with E-state index in [0.29, 0.717) is 20.8 Å². The first-order chi connectivity index (χ1) is 17.4. The highest BCUT2D eigenvalue weighted by Crippen LogP contribution is 2.32. The zero-order valence-electron chi connectivity index (χ0n) is 19.7. The Morgan fingerprint density at radius 3 is 2.75 bits per heavy atom. The second kappa shape index (κ2) is 10.0. The molecule has 1 fully saturated rings. The van der Waals surface area contributed by atoms with E-state index in [1.165, 1.54) is 11.8 Å². The minimum absolute atomic E-state index is 0.125. The lowest BCUT2D eigenvalue weighted by molar-refractivity contribution is -0.117. The zero-order valence-corrected chi connectivity index (χ0v) is 21.3. The molecule has 0 unspecified atom stereocenters. The molecule has 3 aromatic carbocycles. The van der Waals surface area contributed by atoms with Crippen LogP contribution in [0.15, 0.2) is 82.8 Å². The summed E-state index contributed by atoms with van der Waals surface area (Å²) in [5, 5.41) is 7.86. The van der Waals surface area contributed by atoms with E-state index in [2.05, 4.69) is 15.6 Å². The molecule has 0 radical (unpaired) electrons. The van der Waals surface area contributed by atoms with Gasteiger partial charge in [0.15, 0.2) is 5.17 Å². The monoisotopic (exact) mass is 514 g/mol. The van der Waals surface area contributed by atoms with Gasteiger partial charge in [0.25, 0.3) is 5.91 Å². The van der Waals surface area contributed by atoms with Gasteiger partial charge in [-0.05, 0) is 73.1 Å². The number of aliphatic imine (C=N–C) groups is 1. The molecule has 1 aliphatic heterocycles. The Bertz CT molecular complexity index is 1570. The van der Waals surface area contributed by atoms with Crippen molar-refractivity contribution in [1.82, 2.24) is 9.88 Å². The Balaban J connectivity index is 1.41. The number of hydrogen-bond donors (Lipinski definition) is 2. The second-order valence-corrected chi connectivity index (χ2v) is 9.95. The number of halogens is 1. The van der Waals surface area contributed by atoms with Crippen LogP contribution in [0.1, 0.15) is 16.7 Å². The molecule has 36 heavy (non-hydrogen) atoms. The Morgan fingerprint density at radius 2 is 1.92 bits per heavy atom. The Hall–Kier alpha value is -3.81. The van der Waals surface area contributed by atoms with Gasteiger partial charge in [-0.15, -0.1) is 0 Å². The first-order valence-corrected chi connectivity index (χ1v) is 12.6. The SMILES string of the molecule is Cc1cccc(NC(=O)Cn2cc(/C=C3/SC(=Nc4cccc(Cl)c4C)NC3=O)c3ccccc32)c1. The molecule has 5 rings (SSSR count). The fourth-order valence-electron chi connectivity index (χ4n) is 4.05. The number of aromatic nitrogens is 1. The largest absolute Gasteiger partial charge is 0.337 e. The summed E-state index contributed by atoms with van der Waals surface area (Å²) in [4.78, 5) is 30.6. The number of fused-ring (bicyclic) bond motifs is 1. The molecule has 1 aromatic heterocycles. The quantitative estimate of drug-likeness (QED) is 0.301. The summed E-state index contributed by atoms with van der Waals surface area (Å²) in [7, 11) is 0. The number of carbonyl (C=O) groups excluding carboxylic acids is 2. The minimum Gasteiger partial charge on any atom is -0.337 e. The van der Waals surface area contributed by atoms with E-state index in [0.717, 1.165) is 33.3 Å². The van der Waals surface area contributed by atoms with Crippen molar-refractivity contribution in [3.8, 4) is 0 Å². The lowest BCUT2D eigenvalue weighted by Crippen LogP contribution is -2.19. The number of amides is 2. The van der Waals surface area contributed by atoms with Gasteiger partial charge in [0, 0.05) is 33.4 Å². The Labute approximate surface area is 218 Å². The van der Waals surface area contributed by atoms with Crippen molar-refractivity contribution in [3.63, 3.8) is 0 Å². The van der Waals surface area contributed by atoms with Gasteiger partial charge in [-0.3, -0.25) is 9.59 Å². The highest BCUT2D eigenvalue weighted by molar-refractivity contribution is 8.18. The topological polar surface area (TPSA) is 75.5 Å². The number of thioether (sulfide) groups is 1. The summed E-state index contributed by atoms with van der Waals surface area (Å²) in [5.41, 5.74) is 5.17. The second-order valence-electron chi connectivity index (χ2n) is 8.51. The van der Waals surface area contributed by atoms with E-state index in [-0.39, 0.29) is 18.4 Å². The molecule has 4 aromatic rings. The van der Waals surface area contributed by atoms with E-state index in [4.69, 9.17) is 11.6 Å². The van der Waals surface area contributed by atoms with Crippen molar-refractivity contribution in [3.05, 3.63) is 99.5 Å². The number of hydrogen-bond acceptors (Lipinski definition) is 4. The van der Waals surface area contributed by atoms with E-state index in [1.807, 2.05) is 97.4 Å². The summed E-state index contributed by atoms with van der Waals surface area (Å²) < 4.78 is 1.90. The number of para-hydroxylation sites is 1. The van der Waals surface area contributed by atoms with Crippen molar-refractivity contribution >= 4 is 68.7 Å². The van der Waals surface area contributed by atoms with E-state index < -0.39 is 0 Å². The molecule has 8 heteroatoms. The van der Waals surface area contributed by atoms with Gasteiger partial charge in [0.1, 0.15) is 6.54 Å². The molecular weight excluding hydrogens is 492 g/mol. The maximum Gasteiger partial charge on any atom is 0.264 e. The highest BCUT2D eigenvalue weighted by Gasteiger charge is 2.25. The standard InChI is InChI=1S/C28H23ClN4O2S/c1-17-7-5-8-20(13-17)30-26(34)16-33-15-19(21-9-3-4-12-24(21)33)14-25-27(35)32-28(36-25)31-23-11-6-10-22(29)18(23)2/h3-15H,16H2,1-2H3,(H,30,34)(H,31,32,35)/b25-14+. The molecule has 0 atom stereocenters. The van der Waals surface area contributed by atoms with Crippen LogP contribution in [-0.2, 0) is 16.1 Å². The summed E-state index contributed by atoms with van der Waals surface area (Å²) in [5.74, 6) is -0.340. The molecule has 0 spiro atoms. The maximum atomic E-state index is 12.8. The third kappa shape index (κ3) is 5.08. The first-order valence-electron chi connectivity index (χ1n) is 11.4. The van der Waals surface area contributed by atoms with Gasteiger partial charge >= 0.3 is 0 Å². The van der Waals surface area contributed by atoms with Crippen LogP contribution in [0.25, 0.3) is 17.0 Å². The van der Waals surface area contributed by atoms with E-state index in [1.54, 1.807) is 0 Å². The van der Waals surface area contributed by atoms with Crippen LogP contribution in [-0.4, -0.2) is 21.5 Å². The number of aryl methyl sites for hydroxylation is 1. The maximum absolute atomic E-state index is 12.8. The van der Waals surface area contributed by atoms with Gasteiger partial charge in [-0.25, -0.2) is 4.99 Å². The normalized spacial score (nSPS) is 15.6. The van der Waals surface area contributed by atoms with Crippen molar-refractivity contribution in [2.45, 2.75) is 20.4 Å². The minimum atomic E-state index is -0.215. The number of amidine groups is 1. The van der Waals surface area contributed by atoms with Crippen molar-refractivity contribution < 1.29 is 9.59 Å². The smallest absolute Gasteiger partial charge is 0.264 e. The predicted octanol–water partition coefficient (Wildman–Crippen LogP) is 6.44. The molecule has 2 amide bonds. The van der Waals surface area contributed by atoms with Crippen molar-refractivity contribution in [1.29, 1.82) is 0 Å². The van der Waals surface area contributed by atoms with Crippen LogP contribution < -0.4 is 10.6 Å². The van der Waals surface area contributed by atoms with E-state index >= 15 is 0 Å². The molecule has 1 aliphatic rings. The number of nitrogens with zero attached hydrogens (tertiary/aromatic N) is 2. The molecular formula is C28H23ClN4O2S. The van der Waals surface area contributed by atoms with Crippen LogP contribution in [0.2, 0.25) is 5.02 Å². The summed E-state index contributed by atoms with van der Waals surface area (Å²) in [6.07, 6.45) is 3.74. The molecule has 0 saturated carbocycles. The van der Waals surface area contributed by atoms with Crippen LogP contribution >= 0.6 is 23.4 Å². The zero-order chi connectivity index (χ0) is 25.2. The number of nitrogens with one attached hydrogen (secondary N) is 2. The summed E-state index contributed by atoms with van der Waals surface area (Å²) in [6.45, 7) is 4.03. The van der Waals surface area contributed by atoms with Gasteiger partial charge < -0.3 is 15.2 Å². The molecule has 6 nitrogen and oxygen atoms in total. The average Bonchev–Trinajstić information content (AvgIpc) is 3.36. The van der Waals surface area contributed by atoms with Gasteiger partial charge in [-0.2, -0.15) is 0 Å². The first kappa shape index (κ1) is 23.9. The number of carbonyl (C=O) groups is 2. The summed E-state index contributed by atoms with van der Waals surface area (Å²) in [6, 6.07) is 21.0. The molecule has 1 saturated heterocycles. The van der Waals surface area contributed by atoms with Crippen LogP contribution in [0, 0.1) is 13.8 Å². The Kier molecular flexibility index (Phi) is 6.67. The third-order valence-electron chi connectivity index (χ3n) is 5.83. The fourth-order valence-corrected chi connectivity index (χ4v) is 5.04. The third-order valence-corrected chi connectivity index (χ3v) is 7.15. The lowest BCUT2D eigenvalue weighted by atomic mass is 10.1. The average molecular weight is 515 g/mol. The highest BCUT2D eigenvalue weighted by atomic mass is 35.5. The van der Waals surface area contributed by atoms with Gasteiger partial charge in [0.05, 0.1) is 10.6 Å². The fraction of sp³-hybridized carbons (Fsp3) is 0.107. The molecule has 2 heterocycles. The Morgan fingerprint density at radius 1 is 1.11 bits per heavy atom. The van der Waals surface area contributed by atoms with Crippen molar-refractivity contribution in [2.75, 3.05) is 5.32 Å². The van der Waals surface area contributed by atoms with Crippen LogP contribution in [0.5, 0.6) is 0 Å². The number of benzene rings is 3. The van der Waals surface area contributed by atoms with Gasteiger partial charge in [0.2, 0.25) is 5.91 Å². The molecule has 2 N–H and O–H groups in total. The van der Waals surface area contributed by atoms with Gasteiger partial charge in [-0.1, -0.05) is 48.0 Å². The van der Waals surface area contributed by atoms with E-state index in [9.17, 15) is 9.59 Å². The van der Waals surface area contributed by atoms with Crippen LogP contribution in [0.4, 0.5) is 11.4 Å². The number of anilines is 1. The number of rotatable bonds is 5. The van der Waals surface area contributed by atoms with Crippen molar-refractivity contribution in [2.24, 2.45) is 4.99 Å². The lowest BCUT2D eigenvalue weighted by Gasteiger charge is -2.08. The molecule has 0 bridgehead atoms. The molecule has 0 aliphatic carbocycles.